The number of benzene rings is 1. The maximum absolute atomic E-state index is 4.41. The summed E-state index contributed by atoms with van der Waals surface area (Å²) in [5, 5.41) is 9.16. The molecule has 1 aromatic heterocycles. The molecule has 1 N–H and O–H groups in total. The molecule has 0 saturated heterocycles. The molecule has 0 aliphatic heterocycles. The van der Waals surface area contributed by atoms with E-state index in [9.17, 15) is 0 Å². The molecule has 0 aliphatic rings. The van der Waals surface area contributed by atoms with Gasteiger partial charge >= 0.3 is 0 Å². The number of para-hydroxylation sites is 1. The average molecular weight is 231 g/mol. The second-order valence-corrected chi connectivity index (χ2v) is 4.57. The van der Waals surface area contributed by atoms with Crippen LogP contribution < -0.4 is 5.32 Å². The van der Waals surface area contributed by atoms with Gasteiger partial charge in [0.2, 0.25) is 0 Å². The minimum absolute atomic E-state index is 0.599. The van der Waals surface area contributed by atoms with Crippen LogP contribution in [-0.4, -0.2) is 22.4 Å². The molecule has 2 aromatic rings. The number of hydrogen-bond acceptors (Lipinski definition) is 2. The Kier molecular flexibility index (Phi) is 4.15. The fourth-order valence-corrected chi connectivity index (χ4v) is 2.16. The highest BCUT2D eigenvalue weighted by molar-refractivity contribution is 5.78. The highest BCUT2D eigenvalue weighted by Gasteiger charge is 2.02. The Morgan fingerprint density at radius 1 is 1.35 bits per heavy atom. The maximum Gasteiger partial charge on any atom is 0.0682 e. The van der Waals surface area contributed by atoms with E-state index in [2.05, 4.69) is 53.2 Å². The van der Waals surface area contributed by atoms with Crippen molar-refractivity contribution in [3.05, 3.63) is 30.5 Å². The first-order valence-electron chi connectivity index (χ1n) is 6.45. The predicted octanol–water partition coefficient (Wildman–Crippen LogP) is 2.81. The highest BCUT2D eigenvalue weighted by atomic mass is 15.3. The van der Waals surface area contributed by atoms with Gasteiger partial charge in [-0.2, -0.15) is 5.10 Å². The lowest BCUT2D eigenvalue weighted by Crippen LogP contribution is -2.29. The van der Waals surface area contributed by atoms with Gasteiger partial charge in [-0.3, -0.25) is 4.68 Å². The van der Waals surface area contributed by atoms with Gasteiger partial charge in [0.1, 0.15) is 0 Å². The number of fused-ring (bicyclic) bond motifs is 1. The molecule has 0 aliphatic carbocycles. The first-order chi connectivity index (χ1) is 8.31. The number of aromatic nitrogens is 2. The largest absolute Gasteiger partial charge is 0.312 e. The molecule has 2 rings (SSSR count). The lowest BCUT2D eigenvalue weighted by Gasteiger charge is -2.12. The van der Waals surface area contributed by atoms with Crippen molar-refractivity contribution in [2.45, 2.75) is 39.3 Å². The second-order valence-electron chi connectivity index (χ2n) is 4.57. The van der Waals surface area contributed by atoms with Gasteiger partial charge in [-0.1, -0.05) is 31.5 Å². The monoisotopic (exact) mass is 231 g/mol. The van der Waals surface area contributed by atoms with Crippen LogP contribution in [0, 0.1) is 0 Å². The minimum Gasteiger partial charge on any atom is -0.312 e. The van der Waals surface area contributed by atoms with Crippen molar-refractivity contribution in [2.75, 3.05) is 6.54 Å². The Hall–Kier alpha value is -1.35. The Morgan fingerprint density at radius 3 is 3.00 bits per heavy atom. The third-order valence-electron chi connectivity index (χ3n) is 3.09. The quantitative estimate of drug-likeness (QED) is 0.828. The summed E-state index contributed by atoms with van der Waals surface area (Å²) < 4.78 is 2.07. The minimum atomic E-state index is 0.599. The molecule has 0 saturated carbocycles. The van der Waals surface area contributed by atoms with Crippen LogP contribution in [0.1, 0.15) is 26.7 Å². The Balaban J connectivity index is 1.91. The van der Waals surface area contributed by atoms with Crippen molar-refractivity contribution in [1.29, 1.82) is 0 Å². The first kappa shape index (κ1) is 12.1. The molecule has 3 nitrogen and oxygen atoms in total. The van der Waals surface area contributed by atoms with Crippen molar-refractivity contribution < 1.29 is 0 Å². The highest BCUT2D eigenvalue weighted by Crippen LogP contribution is 2.11. The molecule has 1 heterocycles. The van der Waals surface area contributed by atoms with E-state index in [-0.39, 0.29) is 0 Å². The normalized spacial score (nSPS) is 13.1. The third-order valence-corrected chi connectivity index (χ3v) is 3.09. The summed E-state index contributed by atoms with van der Waals surface area (Å²) in [7, 11) is 0. The summed E-state index contributed by atoms with van der Waals surface area (Å²) in [6.45, 7) is 6.37. The van der Waals surface area contributed by atoms with Crippen LogP contribution >= 0.6 is 0 Å². The van der Waals surface area contributed by atoms with Crippen LogP contribution in [0.4, 0.5) is 0 Å². The molecule has 17 heavy (non-hydrogen) atoms. The van der Waals surface area contributed by atoms with Gasteiger partial charge in [0.15, 0.2) is 0 Å². The van der Waals surface area contributed by atoms with Crippen LogP contribution in [-0.2, 0) is 6.54 Å². The molecule has 1 aromatic carbocycles. The molecule has 1 unspecified atom stereocenters. The summed E-state index contributed by atoms with van der Waals surface area (Å²) in [5.74, 6) is 0. The number of hydrogen-bond donors (Lipinski definition) is 1. The predicted molar refractivity (Wildman–Crippen MR) is 72.1 cm³/mol. The summed E-state index contributed by atoms with van der Waals surface area (Å²) in [6.07, 6.45) is 4.41. The van der Waals surface area contributed by atoms with Gasteiger partial charge in [-0.05, 0) is 19.4 Å². The molecule has 92 valence electrons. The summed E-state index contributed by atoms with van der Waals surface area (Å²) in [6, 6.07) is 8.94. The first-order valence-corrected chi connectivity index (χ1v) is 6.45. The summed E-state index contributed by atoms with van der Waals surface area (Å²) in [4.78, 5) is 0. The van der Waals surface area contributed by atoms with Crippen LogP contribution in [0.3, 0.4) is 0 Å². The van der Waals surface area contributed by atoms with Gasteiger partial charge in [-0.15, -0.1) is 0 Å². The lowest BCUT2D eigenvalue weighted by atomic mass is 10.2. The van der Waals surface area contributed by atoms with E-state index in [0.29, 0.717) is 6.04 Å². The molecule has 0 spiro atoms. The Morgan fingerprint density at radius 2 is 2.18 bits per heavy atom. The van der Waals surface area contributed by atoms with E-state index in [1.807, 2.05) is 6.20 Å². The Labute approximate surface area is 103 Å². The van der Waals surface area contributed by atoms with E-state index in [1.165, 1.54) is 23.7 Å². The molecular weight excluding hydrogens is 210 g/mol. The standard InChI is InChI=1S/C14H21N3/c1-3-6-12(2)15-9-10-17-14-8-5-4-7-13(14)11-16-17/h4-5,7-8,11-12,15H,3,6,9-10H2,1-2H3. The van der Waals surface area contributed by atoms with Crippen molar-refractivity contribution >= 4 is 10.9 Å². The SMILES string of the molecule is CCCC(C)NCCn1ncc2ccccc21. The zero-order chi connectivity index (χ0) is 12.1. The molecular formula is C14H21N3. The van der Waals surface area contributed by atoms with Crippen molar-refractivity contribution in [3.8, 4) is 0 Å². The number of nitrogens with zero attached hydrogens (tertiary/aromatic N) is 2. The van der Waals surface area contributed by atoms with Crippen LogP contribution in [0.5, 0.6) is 0 Å². The van der Waals surface area contributed by atoms with Gasteiger partial charge in [-0.25, -0.2) is 0 Å². The van der Waals surface area contributed by atoms with E-state index in [0.717, 1.165) is 13.1 Å². The lowest BCUT2D eigenvalue weighted by molar-refractivity contribution is 0.477. The van der Waals surface area contributed by atoms with E-state index < -0.39 is 0 Å². The average Bonchev–Trinajstić information content (AvgIpc) is 2.73. The van der Waals surface area contributed by atoms with Crippen molar-refractivity contribution in [2.24, 2.45) is 0 Å². The molecule has 3 heteroatoms. The van der Waals surface area contributed by atoms with Gasteiger partial charge in [0.05, 0.1) is 18.3 Å². The van der Waals surface area contributed by atoms with E-state index in [1.54, 1.807) is 0 Å². The van der Waals surface area contributed by atoms with Gasteiger partial charge in [0.25, 0.3) is 0 Å². The Bertz CT molecular complexity index is 461. The van der Waals surface area contributed by atoms with Gasteiger partial charge in [0, 0.05) is 18.0 Å². The van der Waals surface area contributed by atoms with Crippen LogP contribution in [0.15, 0.2) is 30.5 Å². The molecule has 0 bridgehead atoms. The molecule has 0 fully saturated rings. The zero-order valence-corrected chi connectivity index (χ0v) is 10.7. The number of nitrogens with one attached hydrogen (secondary N) is 1. The molecule has 0 radical (unpaired) electrons. The second kappa shape index (κ2) is 5.82. The maximum atomic E-state index is 4.41. The number of rotatable bonds is 6. The van der Waals surface area contributed by atoms with E-state index >= 15 is 0 Å². The van der Waals surface area contributed by atoms with Crippen LogP contribution in [0.2, 0.25) is 0 Å². The molecule has 0 amide bonds. The zero-order valence-electron chi connectivity index (χ0n) is 10.7. The topological polar surface area (TPSA) is 29.9 Å². The van der Waals surface area contributed by atoms with E-state index in [4.69, 9.17) is 0 Å². The van der Waals surface area contributed by atoms with Crippen LogP contribution in [0.25, 0.3) is 10.9 Å². The summed E-state index contributed by atoms with van der Waals surface area (Å²) in [5.41, 5.74) is 1.22. The van der Waals surface area contributed by atoms with Gasteiger partial charge < -0.3 is 5.32 Å². The van der Waals surface area contributed by atoms with Crippen molar-refractivity contribution in [3.63, 3.8) is 0 Å². The fourth-order valence-electron chi connectivity index (χ4n) is 2.16. The summed E-state index contributed by atoms with van der Waals surface area (Å²) >= 11 is 0. The fraction of sp³-hybridized carbons (Fsp3) is 0.500. The molecule has 1 atom stereocenters. The van der Waals surface area contributed by atoms with Crippen molar-refractivity contribution in [1.82, 2.24) is 15.1 Å². The smallest absolute Gasteiger partial charge is 0.0682 e. The third kappa shape index (κ3) is 3.07.